The highest BCUT2D eigenvalue weighted by molar-refractivity contribution is 7.99. The van der Waals surface area contributed by atoms with Gasteiger partial charge in [-0.25, -0.2) is 0 Å². The number of hydrogen-bond donors (Lipinski definition) is 2. The Morgan fingerprint density at radius 3 is 2.42 bits per heavy atom. The Labute approximate surface area is 198 Å². The van der Waals surface area contributed by atoms with Crippen molar-refractivity contribution < 1.29 is 14.3 Å². The van der Waals surface area contributed by atoms with Gasteiger partial charge in [0, 0.05) is 18.3 Å². The normalized spacial score (nSPS) is 11.8. The van der Waals surface area contributed by atoms with Crippen molar-refractivity contribution in [1.82, 2.24) is 20.1 Å². The van der Waals surface area contributed by atoms with E-state index in [2.05, 4.69) is 34.7 Å². The number of anilines is 1. The maximum Gasteiger partial charge on any atom is 0.251 e. The van der Waals surface area contributed by atoms with E-state index < -0.39 is 0 Å². The minimum absolute atomic E-state index is 0.112. The van der Waals surface area contributed by atoms with Gasteiger partial charge in [-0.1, -0.05) is 43.8 Å². The van der Waals surface area contributed by atoms with Crippen molar-refractivity contribution in [3.63, 3.8) is 0 Å². The van der Waals surface area contributed by atoms with E-state index in [-0.39, 0.29) is 23.6 Å². The van der Waals surface area contributed by atoms with Gasteiger partial charge in [0.05, 0.1) is 18.9 Å². The summed E-state index contributed by atoms with van der Waals surface area (Å²) in [5.74, 6) is 1.47. The van der Waals surface area contributed by atoms with Crippen molar-refractivity contribution in [1.29, 1.82) is 0 Å². The number of carbonyl (C=O) groups is 2. The quantitative estimate of drug-likeness (QED) is 0.459. The van der Waals surface area contributed by atoms with Gasteiger partial charge >= 0.3 is 0 Å². The van der Waals surface area contributed by atoms with Crippen LogP contribution in [0.1, 0.15) is 54.5 Å². The largest absolute Gasteiger partial charge is 0.497 e. The molecule has 0 saturated heterocycles. The zero-order valence-corrected chi connectivity index (χ0v) is 20.3. The highest BCUT2D eigenvalue weighted by Crippen LogP contribution is 2.25. The lowest BCUT2D eigenvalue weighted by Gasteiger charge is -2.14. The zero-order valence-electron chi connectivity index (χ0n) is 19.5. The summed E-state index contributed by atoms with van der Waals surface area (Å²) in [6.07, 6.45) is 0. The average molecular weight is 468 g/mol. The van der Waals surface area contributed by atoms with Crippen molar-refractivity contribution >= 4 is 29.3 Å². The monoisotopic (exact) mass is 467 g/mol. The van der Waals surface area contributed by atoms with Gasteiger partial charge in [0.2, 0.25) is 5.91 Å². The Hall–Kier alpha value is -3.33. The molecule has 1 heterocycles. The smallest absolute Gasteiger partial charge is 0.251 e. The minimum Gasteiger partial charge on any atom is -0.497 e. The second-order valence-electron chi connectivity index (χ2n) is 7.90. The van der Waals surface area contributed by atoms with Crippen LogP contribution >= 0.6 is 11.8 Å². The van der Waals surface area contributed by atoms with Crippen LogP contribution in [0.3, 0.4) is 0 Å². The molecule has 0 aliphatic rings. The van der Waals surface area contributed by atoms with E-state index >= 15 is 0 Å². The molecular weight excluding hydrogens is 438 g/mol. The Morgan fingerprint density at radius 1 is 1.06 bits per heavy atom. The highest BCUT2D eigenvalue weighted by Gasteiger charge is 2.19. The van der Waals surface area contributed by atoms with Gasteiger partial charge in [0.1, 0.15) is 5.75 Å². The van der Waals surface area contributed by atoms with Gasteiger partial charge in [0.25, 0.3) is 5.91 Å². The number of methoxy groups -OCH3 is 1. The number of hydrogen-bond acceptors (Lipinski definition) is 6. The number of amides is 2. The fraction of sp³-hybridized carbons (Fsp3) is 0.333. The molecule has 2 aromatic carbocycles. The van der Waals surface area contributed by atoms with Crippen molar-refractivity contribution in [2.45, 2.75) is 37.9 Å². The average Bonchev–Trinajstić information content (AvgIpc) is 3.18. The van der Waals surface area contributed by atoms with Gasteiger partial charge < -0.3 is 19.9 Å². The number of para-hydroxylation sites is 1. The fourth-order valence-corrected chi connectivity index (χ4v) is 4.06. The zero-order chi connectivity index (χ0) is 24.0. The first-order chi connectivity index (χ1) is 15.8. The summed E-state index contributed by atoms with van der Waals surface area (Å²) in [7, 11) is 3.40. The standard InChI is InChI=1S/C24H29N5O3S/c1-15(2)19-8-6-7-9-20(19)26-21(30)14-33-24-28-27-22(29(24)4)16(3)25-23(31)17-10-12-18(32-5)13-11-17/h6-13,15-16H,14H2,1-5H3,(H,25,31)(H,26,30). The van der Waals surface area contributed by atoms with E-state index in [1.54, 1.807) is 35.9 Å². The van der Waals surface area contributed by atoms with Gasteiger partial charge in [0.15, 0.2) is 11.0 Å². The first kappa shape index (κ1) is 24.3. The third kappa shape index (κ3) is 6.13. The molecule has 0 spiro atoms. The van der Waals surface area contributed by atoms with Gasteiger partial charge in [-0.2, -0.15) is 0 Å². The van der Waals surface area contributed by atoms with Gasteiger partial charge in [-0.05, 0) is 48.7 Å². The summed E-state index contributed by atoms with van der Waals surface area (Å²) < 4.78 is 6.91. The Bertz CT molecular complexity index is 1110. The molecule has 1 aromatic heterocycles. The lowest BCUT2D eigenvalue weighted by atomic mass is 10.0. The van der Waals surface area contributed by atoms with Crippen molar-refractivity contribution in [2.75, 3.05) is 18.2 Å². The number of nitrogens with zero attached hydrogens (tertiary/aromatic N) is 3. The molecule has 0 radical (unpaired) electrons. The van der Waals surface area contributed by atoms with Gasteiger partial charge in [-0.15, -0.1) is 10.2 Å². The van der Waals surface area contributed by atoms with E-state index in [1.807, 2.05) is 38.2 Å². The molecule has 0 aliphatic heterocycles. The molecule has 3 aromatic rings. The van der Waals surface area contributed by atoms with Crippen LogP contribution in [-0.4, -0.2) is 39.4 Å². The van der Waals surface area contributed by atoms with Crippen molar-refractivity contribution in [3.05, 3.63) is 65.5 Å². The number of benzene rings is 2. The predicted octanol–water partition coefficient (Wildman–Crippen LogP) is 4.17. The Balaban J connectivity index is 1.58. The molecule has 33 heavy (non-hydrogen) atoms. The third-order valence-electron chi connectivity index (χ3n) is 5.14. The number of ether oxygens (including phenoxy) is 1. The van der Waals surface area contributed by atoms with Crippen molar-refractivity contribution in [2.24, 2.45) is 7.05 Å². The molecule has 9 heteroatoms. The molecule has 0 aliphatic carbocycles. The van der Waals surface area contributed by atoms with E-state index in [0.717, 1.165) is 11.3 Å². The fourth-order valence-electron chi connectivity index (χ4n) is 3.35. The lowest BCUT2D eigenvalue weighted by Crippen LogP contribution is -2.28. The van der Waals surface area contributed by atoms with Gasteiger partial charge in [-0.3, -0.25) is 9.59 Å². The molecule has 1 unspecified atom stereocenters. The summed E-state index contributed by atoms with van der Waals surface area (Å²) in [4.78, 5) is 25.0. The van der Waals surface area contributed by atoms with Crippen LogP contribution in [0.4, 0.5) is 5.69 Å². The molecule has 8 nitrogen and oxygen atoms in total. The summed E-state index contributed by atoms with van der Waals surface area (Å²) in [5, 5.41) is 14.9. The molecule has 2 amide bonds. The second kappa shape index (κ2) is 11.0. The van der Waals surface area contributed by atoms with Crippen LogP contribution in [0, 0.1) is 0 Å². The number of rotatable bonds is 9. The maximum absolute atomic E-state index is 12.5. The molecular formula is C24H29N5O3S. The molecule has 3 rings (SSSR count). The molecule has 0 saturated carbocycles. The van der Waals surface area contributed by atoms with Crippen LogP contribution in [0.25, 0.3) is 0 Å². The summed E-state index contributed by atoms with van der Waals surface area (Å²) >= 11 is 1.30. The predicted molar refractivity (Wildman–Crippen MR) is 130 cm³/mol. The first-order valence-corrected chi connectivity index (χ1v) is 11.6. The first-order valence-electron chi connectivity index (χ1n) is 10.7. The number of nitrogens with one attached hydrogen (secondary N) is 2. The lowest BCUT2D eigenvalue weighted by molar-refractivity contribution is -0.113. The van der Waals surface area contributed by atoms with Crippen LogP contribution in [0.15, 0.2) is 53.7 Å². The number of thioether (sulfide) groups is 1. The molecule has 2 N–H and O–H groups in total. The molecule has 1 atom stereocenters. The van der Waals surface area contributed by atoms with E-state index in [9.17, 15) is 9.59 Å². The summed E-state index contributed by atoms with van der Waals surface area (Å²) in [6.45, 7) is 6.03. The van der Waals surface area contributed by atoms with Crippen molar-refractivity contribution in [3.8, 4) is 5.75 Å². The van der Waals surface area contributed by atoms with E-state index in [0.29, 0.717) is 28.2 Å². The van der Waals surface area contributed by atoms with Crippen LogP contribution in [0.2, 0.25) is 0 Å². The minimum atomic E-state index is -0.363. The number of aromatic nitrogens is 3. The molecule has 0 bridgehead atoms. The summed E-state index contributed by atoms with van der Waals surface area (Å²) in [6, 6.07) is 14.3. The third-order valence-corrected chi connectivity index (χ3v) is 6.17. The Morgan fingerprint density at radius 2 is 1.76 bits per heavy atom. The number of carbonyl (C=O) groups excluding carboxylic acids is 2. The maximum atomic E-state index is 12.5. The van der Waals surface area contributed by atoms with E-state index in [4.69, 9.17) is 4.74 Å². The van der Waals surface area contributed by atoms with Crippen LogP contribution in [0.5, 0.6) is 5.75 Å². The molecule has 174 valence electrons. The Kier molecular flexibility index (Phi) is 8.11. The highest BCUT2D eigenvalue weighted by atomic mass is 32.2. The van der Waals surface area contributed by atoms with Crippen LogP contribution < -0.4 is 15.4 Å². The van der Waals surface area contributed by atoms with E-state index in [1.165, 1.54) is 11.8 Å². The molecule has 0 fully saturated rings. The SMILES string of the molecule is COc1ccc(C(=O)NC(C)c2nnc(SCC(=O)Nc3ccccc3C(C)C)n2C)cc1. The summed E-state index contributed by atoms with van der Waals surface area (Å²) in [5.41, 5.74) is 2.45. The van der Waals surface area contributed by atoms with Crippen LogP contribution in [-0.2, 0) is 11.8 Å². The second-order valence-corrected chi connectivity index (χ2v) is 8.84. The topological polar surface area (TPSA) is 98.1 Å².